The van der Waals surface area contributed by atoms with Crippen LogP contribution in [-0.4, -0.2) is 54.0 Å². The Kier molecular flexibility index (Phi) is 8.10. The number of nitrogens with zero attached hydrogens (tertiary/aromatic N) is 3. The van der Waals surface area contributed by atoms with Crippen LogP contribution in [0.25, 0.3) is 11.1 Å². The lowest BCUT2D eigenvalue weighted by Crippen LogP contribution is -2.33. The van der Waals surface area contributed by atoms with E-state index in [0.717, 1.165) is 24.2 Å². The summed E-state index contributed by atoms with van der Waals surface area (Å²) in [7, 11) is 2.92. The van der Waals surface area contributed by atoms with Gasteiger partial charge in [0.25, 0.3) is 12.3 Å². The number of hydrogen-bond donors (Lipinski definition) is 4. The lowest BCUT2D eigenvalue weighted by Gasteiger charge is -2.24. The average Bonchev–Trinajstić information content (AvgIpc) is 3.62. The highest BCUT2D eigenvalue weighted by molar-refractivity contribution is 7.15. The van der Waals surface area contributed by atoms with Crippen molar-refractivity contribution in [2.45, 2.75) is 31.6 Å². The van der Waals surface area contributed by atoms with Gasteiger partial charge >= 0.3 is 0 Å². The van der Waals surface area contributed by atoms with Gasteiger partial charge in [-0.1, -0.05) is 17.3 Å². The molecule has 2 aromatic heterocycles. The molecule has 13 heteroatoms. The molecule has 37 heavy (non-hydrogen) atoms. The molecule has 194 valence electrons. The van der Waals surface area contributed by atoms with Crippen molar-refractivity contribution in [2.75, 3.05) is 19.5 Å². The van der Waals surface area contributed by atoms with Gasteiger partial charge in [0.15, 0.2) is 11.3 Å². The van der Waals surface area contributed by atoms with Gasteiger partial charge in [-0.25, -0.2) is 13.2 Å². The number of amides is 1. The third kappa shape index (κ3) is 6.28. The molecule has 1 saturated carbocycles. The first-order valence-electron chi connectivity index (χ1n) is 11.3. The molecule has 1 aliphatic carbocycles. The number of halogens is 3. The zero-order valence-electron chi connectivity index (χ0n) is 19.9. The van der Waals surface area contributed by atoms with Gasteiger partial charge in [0.05, 0.1) is 18.4 Å². The van der Waals surface area contributed by atoms with E-state index in [0.29, 0.717) is 10.9 Å². The second-order valence-electron chi connectivity index (χ2n) is 8.14. The number of ether oxygens (including phenoxy) is 1. The summed E-state index contributed by atoms with van der Waals surface area (Å²) >= 11 is 1.10. The SMILES string of the molecule is CN/C=C(/c1cc(C2=CC(C(F)F)NC=C2OC)c(C(=O)Nc2nnc(C#CC3CC3)s2)cn1)C(N)F. The summed E-state index contributed by atoms with van der Waals surface area (Å²) in [6.45, 7) is 0. The molecule has 1 fully saturated rings. The number of methoxy groups -OCH3 is 1. The van der Waals surface area contributed by atoms with Gasteiger partial charge in [0, 0.05) is 48.3 Å². The molecule has 1 amide bonds. The van der Waals surface area contributed by atoms with Crippen LogP contribution in [0.2, 0.25) is 0 Å². The van der Waals surface area contributed by atoms with E-state index in [1.807, 2.05) is 0 Å². The Morgan fingerprint density at radius 2 is 2.14 bits per heavy atom. The topological polar surface area (TPSA) is 127 Å². The number of nitrogens with two attached hydrogens (primary N) is 1. The second-order valence-corrected chi connectivity index (χ2v) is 9.11. The Morgan fingerprint density at radius 3 is 2.78 bits per heavy atom. The Bertz CT molecular complexity index is 1320. The molecule has 0 radical (unpaired) electrons. The van der Waals surface area contributed by atoms with Crippen LogP contribution >= 0.6 is 11.3 Å². The Balaban J connectivity index is 1.74. The number of dihydropyridines is 1. The highest BCUT2D eigenvalue weighted by atomic mass is 32.1. The summed E-state index contributed by atoms with van der Waals surface area (Å²) < 4.78 is 46.6. The van der Waals surface area contributed by atoms with E-state index in [2.05, 4.69) is 43.0 Å². The lowest BCUT2D eigenvalue weighted by atomic mass is 9.94. The van der Waals surface area contributed by atoms with Gasteiger partial charge < -0.3 is 15.4 Å². The molecule has 5 N–H and O–H groups in total. The standard InChI is InChI=1S/C24H24F3N7O2S/c1-29-9-16(22(27)28)17-7-13(14-8-18(21(25)26)31-11-19(14)36-2)15(10-30-17)23(35)32-24-34-33-20(37-24)6-5-12-3-4-12/h7-12,18,21-22,29,31H,3-4,28H2,1-2H3,(H,32,34,35)/b16-9-. The lowest BCUT2D eigenvalue weighted by molar-refractivity contribution is 0.102. The maximum atomic E-state index is 14.2. The highest BCUT2D eigenvalue weighted by Gasteiger charge is 2.28. The molecule has 1 aliphatic heterocycles. The monoisotopic (exact) mass is 531 g/mol. The number of allylic oxidation sites excluding steroid dienone is 1. The maximum absolute atomic E-state index is 14.2. The molecular weight excluding hydrogens is 507 g/mol. The number of alkyl halides is 3. The zero-order chi connectivity index (χ0) is 26.5. The second kappa shape index (κ2) is 11.4. The number of pyridine rings is 1. The van der Waals surface area contributed by atoms with Crippen molar-refractivity contribution in [3.63, 3.8) is 0 Å². The van der Waals surface area contributed by atoms with Gasteiger partial charge in [0.1, 0.15) is 11.8 Å². The van der Waals surface area contributed by atoms with Crippen molar-refractivity contribution >= 4 is 33.5 Å². The number of carbonyl (C=O) groups is 1. The van der Waals surface area contributed by atoms with Crippen LogP contribution in [0.3, 0.4) is 0 Å². The largest absolute Gasteiger partial charge is 0.495 e. The summed E-state index contributed by atoms with van der Waals surface area (Å²) in [5.41, 5.74) is 5.98. The summed E-state index contributed by atoms with van der Waals surface area (Å²) in [5.74, 6) is 5.96. The predicted molar refractivity (Wildman–Crippen MR) is 134 cm³/mol. The number of nitrogens with one attached hydrogen (secondary N) is 3. The molecule has 0 saturated heterocycles. The zero-order valence-corrected chi connectivity index (χ0v) is 20.7. The number of carbonyl (C=O) groups excluding carboxylic acids is 1. The van der Waals surface area contributed by atoms with Gasteiger partial charge in [-0.15, -0.1) is 10.2 Å². The first kappa shape index (κ1) is 26.2. The Morgan fingerprint density at radius 1 is 1.35 bits per heavy atom. The van der Waals surface area contributed by atoms with Crippen molar-refractivity contribution in [1.82, 2.24) is 25.8 Å². The third-order valence-corrected chi connectivity index (χ3v) is 6.20. The molecule has 9 nitrogen and oxygen atoms in total. The van der Waals surface area contributed by atoms with Crippen LogP contribution < -0.4 is 21.7 Å². The smallest absolute Gasteiger partial charge is 0.261 e. The van der Waals surface area contributed by atoms with E-state index in [1.54, 1.807) is 7.05 Å². The van der Waals surface area contributed by atoms with Gasteiger partial charge in [-0.05, 0) is 30.9 Å². The van der Waals surface area contributed by atoms with Crippen LogP contribution in [0.15, 0.2) is 36.5 Å². The molecule has 2 aromatic rings. The first-order valence-corrected chi connectivity index (χ1v) is 12.1. The van der Waals surface area contributed by atoms with Crippen molar-refractivity contribution in [1.29, 1.82) is 0 Å². The highest BCUT2D eigenvalue weighted by Crippen LogP contribution is 2.33. The van der Waals surface area contributed by atoms with Crippen molar-refractivity contribution in [3.8, 4) is 11.8 Å². The molecule has 0 spiro atoms. The van der Waals surface area contributed by atoms with Crippen molar-refractivity contribution in [3.05, 3.63) is 58.3 Å². The van der Waals surface area contributed by atoms with Gasteiger partial charge in [0.2, 0.25) is 5.13 Å². The van der Waals surface area contributed by atoms with E-state index in [-0.39, 0.29) is 38.9 Å². The Labute approximate surface area is 215 Å². The molecule has 2 atom stereocenters. The minimum atomic E-state index is -2.74. The van der Waals surface area contributed by atoms with Crippen LogP contribution in [0.4, 0.5) is 18.3 Å². The number of hydrogen-bond acceptors (Lipinski definition) is 9. The van der Waals surface area contributed by atoms with Crippen LogP contribution in [0, 0.1) is 17.8 Å². The number of aromatic nitrogens is 3. The van der Waals surface area contributed by atoms with E-state index in [9.17, 15) is 18.0 Å². The van der Waals surface area contributed by atoms with Gasteiger partial charge in [-0.3, -0.25) is 20.8 Å². The molecule has 0 aromatic carbocycles. The fourth-order valence-corrected chi connectivity index (χ4v) is 4.04. The summed E-state index contributed by atoms with van der Waals surface area (Å²) in [4.78, 5) is 17.5. The van der Waals surface area contributed by atoms with E-state index >= 15 is 0 Å². The maximum Gasteiger partial charge on any atom is 0.261 e. The third-order valence-electron chi connectivity index (χ3n) is 5.45. The van der Waals surface area contributed by atoms with Crippen LogP contribution in [0.1, 0.15) is 39.5 Å². The van der Waals surface area contributed by atoms with Crippen molar-refractivity contribution in [2.24, 2.45) is 11.7 Å². The molecule has 3 heterocycles. The number of rotatable bonds is 8. The Hall–Kier alpha value is -3.89. The quantitative estimate of drug-likeness (QED) is 0.303. The van der Waals surface area contributed by atoms with E-state index in [4.69, 9.17) is 10.5 Å². The molecule has 0 bridgehead atoms. The minimum Gasteiger partial charge on any atom is -0.495 e. The average molecular weight is 532 g/mol. The normalized spacial score (nSPS) is 18.1. The molecule has 4 rings (SSSR count). The summed E-state index contributed by atoms with van der Waals surface area (Å²) in [6, 6.07) is 0.0596. The van der Waals surface area contributed by atoms with Crippen LogP contribution in [-0.2, 0) is 4.74 Å². The first-order chi connectivity index (χ1) is 17.8. The molecule has 2 aliphatic rings. The minimum absolute atomic E-state index is 0.00148. The van der Waals surface area contributed by atoms with E-state index in [1.165, 1.54) is 37.8 Å². The summed E-state index contributed by atoms with van der Waals surface area (Å²) in [5, 5.41) is 16.5. The van der Waals surface area contributed by atoms with Crippen LogP contribution in [0.5, 0.6) is 0 Å². The predicted octanol–water partition coefficient (Wildman–Crippen LogP) is 2.87. The van der Waals surface area contributed by atoms with E-state index < -0.39 is 24.7 Å². The number of anilines is 1. The van der Waals surface area contributed by atoms with Gasteiger partial charge in [-0.2, -0.15) is 0 Å². The summed E-state index contributed by atoms with van der Waals surface area (Å²) in [6.07, 6.45) is 2.57. The molecular formula is C24H24F3N7O2S. The fourth-order valence-electron chi connectivity index (χ4n) is 3.44. The van der Waals surface area contributed by atoms with Crippen molar-refractivity contribution < 1.29 is 22.7 Å². The fraction of sp³-hybridized carbons (Fsp3) is 0.333. The molecule has 2 unspecified atom stereocenters.